The van der Waals surface area contributed by atoms with Gasteiger partial charge < -0.3 is 14.6 Å². The number of ether oxygens (including phenoxy) is 2. The van der Waals surface area contributed by atoms with Crippen LogP contribution in [0.2, 0.25) is 0 Å². The zero-order valence-electron chi connectivity index (χ0n) is 32.1. The maximum absolute atomic E-state index is 12.2. The molecule has 0 aliphatic carbocycles. The first-order valence-corrected chi connectivity index (χ1v) is 20.1. The van der Waals surface area contributed by atoms with Gasteiger partial charge in [0.05, 0.1) is 6.61 Å². The van der Waals surface area contributed by atoms with Crippen LogP contribution < -0.4 is 0 Å². The highest BCUT2D eigenvalue weighted by atomic mass is 16.6. The van der Waals surface area contributed by atoms with E-state index in [9.17, 15) is 14.7 Å². The molecule has 5 nitrogen and oxygen atoms in total. The molecule has 1 atom stereocenters. The highest BCUT2D eigenvalue weighted by Gasteiger charge is 2.16. The molecule has 0 rings (SSSR count). The van der Waals surface area contributed by atoms with Gasteiger partial charge in [0.25, 0.3) is 0 Å². The Kier molecular flexibility index (Phi) is 38.1. The smallest absolute Gasteiger partial charge is 0.306 e. The molecular weight excluding hydrogens is 620 g/mol. The lowest BCUT2D eigenvalue weighted by Gasteiger charge is -2.15. The fourth-order valence-corrected chi connectivity index (χ4v) is 5.14. The van der Waals surface area contributed by atoms with Crippen LogP contribution in [0.15, 0.2) is 85.1 Å². The molecule has 0 spiro atoms. The number of unbranched alkanes of at least 4 members (excludes halogenated alkanes) is 13. The van der Waals surface area contributed by atoms with Gasteiger partial charge in [0.2, 0.25) is 0 Å². The van der Waals surface area contributed by atoms with Gasteiger partial charge in [-0.25, -0.2) is 0 Å². The standard InChI is InChI=1S/C45H74O5/c1-3-5-7-9-11-13-15-17-19-21-22-24-25-27-29-31-33-35-37-39-44(47)49-42-43(41-46)50-45(48)40-38-36-34-32-30-28-26-23-20-18-16-14-12-10-8-6-4-2/h5,7,11-14,17-20,22,24,27,29,43,46H,3-4,6,8-10,15-16,21,23,25-26,28,30-42H2,1-2H3/b7-5-,13-11-,14-12-,19-17-,20-18-,24-22-,29-27-/t43-/m0/s1. The van der Waals surface area contributed by atoms with E-state index in [1.165, 1.54) is 51.4 Å². The van der Waals surface area contributed by atoms with Gasteiger partial charge in [-0.3, -0.25) is 9.59 Å². The molecule has 0 bridgehead atoms. The Labute approximate surface area is 307 Å². The van der Waals surface area contributed by atoms with Crippen LogP contribution in [0.5, 0.6) is 0 Å². The van der Waals surface area contributed by atoms with Gasteiger partial charge in [-0.2, -0.15) is 0 Å². The lowest BCUT2D eigenvalue weighted by molar-refractivity contribution is -0.161. The molecule has 0 saturated heterocycles. The molecule has 0 aromatic rings. The molecule has 50 heavy (non-hydrogen) atoms. The van der Waals surface area contributed by atoms with Crippen molar-refractivity contribution in [1.82, 2.24) is 0 Å². The molecule has 0 unspecified atom stereocenters. The third-order valence-electron chi connectivity index (χ3n) is 8.17. The SMILES string of the molecule is CC/C=C\C/C=C\C/C=C\C/C=C\C/C=C\CCCCCC(=O)OC[C@H](CO)OC(=O)CCCCCCCCC/C=C\C/C=C\CCCCC. The third-order valence-corrected chi connectivity index (χ3v) is 8.17. The maximum Gasteiger partial charge on any atom is 0.306 e. The van der Waals surface area contributed by atoms with Gasteiger partial charge >= 0.3 is 11.9 Å². The van der Waals surface area contributed by atoms with E-state index in [0.717, 1.165) is 89.9 Å². The number of hydrogen-bond donors (Lipinski definition) is 1. The van der Waals surface area contributed by atoms with Crippen LogP contribution in [0.25, 0.3) is 0 Å². The van der Waals surface area contributed by atoms with Crippen molar-refractivity contribution in [3.05, 3.63) is 85.1 Å². The second kappa shape index (κ2) is 40.5. The van der Waals surface area contributed by atoms with E-state index in [1.807, 2.05) is 0 Å². The maximum atomic E-state index is 12.2. The normalized spacial score (nSPS) is 13.1. The highest BCUT2D eigenvalue weighted by molar-refractivity contribution is 5.70. The van der Waals surface area contributed by atoms with E-state index in [1.54, 1.807) is 0 Å². The third kappa shape index (κ3) is 37.9. The Bertz CT molecular complexity index is 968. The van der Waals surface area contributed by atoms with Crippen LogP contribution >= 0.6 is 0 Å². The van der Waals surface area contributed by atoms with Crippen molar-refractivity contribution in [1.29, 1.82) is 0 Å². The van der Waals surface area contributed by atoms with Crippen LogP contribution in [-0.2, 0) is 19.1 Å². The Hall–Kier alpha value is -2.92. The second-order valence-electron chi connectivity index (χ2n) is 13.0. The van der Waals surface area contributed by atoms with Crippen molar-refractivity contribution in [2.75, 3.05) is 13.2 Å². The summed E-state index contributed by atoms with van der Waals surface area (Å²) in [6.07, 6.45) is 54.9. The second-order valence-corrected chi connectivity index (χ2v) is 13.0. The minimum atomic E-state index is -0.794. The van der Waals surface area contributed by atoms with Crippen molar-refractivity contribution < 1.29 is 24.2 Å². The Morgan fingerprint density at radius 2 is 0.860 bits per heavy atom. The molecule has 0 heterocycles. The van der Waals surface area contributed by atoms with Crippen molar-refractivity contribution in [2.45, 2.75) is 174 Å². The van der Waals surface area contributed by atoms with Crippen molar-refractivity contribution >= 4 is 11.9 Å². The highest BCUT2D eigenvalue weighted by Crippen LogP contribution is 2.12. The van der Waals surface area contributed by atoms with E-state index in [2.05, 4.69) is 98.9 Å². The van der Waals surface area contributed by atoms with E-state index in [0.29, 0.717) is 12.8 Å². The van der Waals surface area contributed by atoms with Gasteiger partial charge in [0, 0.05) is 12.8 Å². The summed E-state index contributed by atoms with van der Waals surface area (Å²) in [6.45, 7) is 3.95. The zero-order chi connectivity index (χ0) is 36.4. The molecular formula is C45H74O5. The number of esters is 2. The number of carbonyl (C=O) groups is 2. The van der Waals surface area contributed by atoms with E-state index < -0.39 is 6.10 Å². The van der Waals surface area contributed by atoms with Crippen LogP contribution in [0.3, 0.4) is 0 Å². The largest absolute Gasteiger partial charge is 0.462 e. The molecule has 0 amide bonds. The van der Waals surface area contributed by atoms with Gasteiger partial charge in [-0.15, -0.1) is 0 Å². The molecule has 0 aliphatic rings. The average molecular weight is 695 g/mol. The van der Waals surface area contributed by atoms with Crippen molar-refractivity contribution in [3.8, 4) is 0 Å². The van der Waals surface area contributed by atoms with Crippen LogP contribution in [0.1, 0.15) is 168 Å². The Morgan fingerprint density at radius 1 is 0.480 bits per heavy atom. The summed E-state index contributed by atoms with van der Waals surface area (Å²) < 4.78 is 10.6. The molecule has 0 aromatic carbocycles. The first-order chi connectivity index (χ1) is 24.6. The molecule has 5 heteroatoms. The first-order valence-electron chi connectivity index (χ1n) is 20.1. The summed E-state index contributed by atoms with van der Waals surface area (Å²) in [5, 5.41) is 9.56. The van der Waals surface area contributed by atoms with Gasteiger partial charge in [0.15, 0.2) is 6.10 Å². The number of hydrogen-bond acceptors (Lipinski definition) is 5. The lowest BCUT2D eigenvalue weighted by Crippen LogP contribution is -2.28. The summed E-state index contributed by atoms with van der Waals surface area (Å²) in [4.78, 5) is 24.3. The monoisotopic (exact) mass is 695 g/mol. The minimum absolute atomic E-state index is 0.0912. The number of carbonyl (C=O) groups excluding carboxylic acids is 2. The summed E-state index contributed by atoms with van der Waals surface area (Å²) >= 11 is 0. The van der Waals surface area contributed by atoms with Gasteiger partial charge in [-0.1, -0.05) is 150 Å². The van der Waals surface area contributed by atoms with E-state index in [4.69, 9.17) is 9.47 Å². The predicted octanol–water partition coefficient (Wildman–Crippen LogP) is 12.7. The van der Waals surface area contributed by atoms with Crippen LogP contribution in [-0.4, -0.2) is 36.4 Å². The predicted molar refractivity (Wildman–Crippen MR) is 214 cm³/mol. The summed E-state index contributed by atoms with van der Waals surface area (Å²) in [5.74, 6) is -0.645. The summed E-state index contributed by atoms with van der Waals surface area (Å²) in [6, 6.07) is 0. The molecule has 0 saturated carbocycles. The Morgan fingerprint density at radius 3 is 1.32 bits per heavy atom. The number of aliphatic hydroxyl groups excluding tert-OH is 1. The zero-order valence-corrected chi connectivity index (χ0v) is 32.1. The fourth-order valence-electron chi connectivity index (χ4n) is 5.14. The number of aliphatic hydroxyl groups is 1. The molecule has 1 N–H and O–H groups in total. The first kappa shape index (κ1) is 47.1. The van der Waals surface area contributed by atoms with Gasteiger partial charge in [-0.05, 0) is 89.9 Å². The van der Waals surface area contributed by atoms with E-state index >= 15 is 0 Å². The number of allylic oxidation sites excluding steroid dienone is 14. The fraction of sp³-hybridized carbons (Fsp3) is 0.644. The molecule has 0 aromatic heterocycles. The van der Waals surface area contributed by atoms with E-state index in [-0.39, 0.29) is 25.2 Å². The van der Waals surface area contributed by atoms with Crippen molar-refractivity contribution in [2.24, 2.45) is 0 Å². The average Bonchev–Trinajstić information content (AvgIpc) is 3.12. The van der Waals surface area contributed by atoms with Crippen LogP contribution in [0.4, 0.5) is 0 Å². The molecule has 0 radical (unpaired) electrons. The molecule has 0 fully saturated rings. The van der Waals surface area contributed by atoms with Crippen molar-refractivity contribution in [3.63, 3.8) is 0 Å². The summed E-state index contributed by atoms with van der Waals surface area (Å²) in [7, 11) is 0. The topological polar surface area (TPSA) is 72.8 Å². The minimum Gasteiger partial charge on any atom is -0.462 e. The Balaban J connectivity index is 3.67. The van der Waals surface area contributed by atoms with Crippen LogP contribution in [0, 0.1) is 0 Å². The quantitative estimate of drug-likeness (QED) is 0.0406. The van der Waals surface area contributed by atoms with Gasteiger partial charge in [0.1, 0.15) is 6.61 Å². The molecule has 284 valence electrons. The molecule has 0 aliphatic heterocycles. The lowest BCUT2D eigenvalue weighted by atomic mass is 10.1. The number of rotatable bonds is 35. The summed E-state index contributed by atoms with van der Waals surface area (Å²) in [5.41, 5.74) is 0.